The van der Waals surface area contributed by atoms with Gasteiger partial charge in [0.25, 0.3) is 5.91 Å². The summed E-state index contributed by atoms with van der Waals surface area (Å²) in [5.74, 6) is -1.98. The highest BCUT2D eigenvalue weighted by Crippen LogP contribution is 2.27. The molecule has 0 aliphatic rings. The number of nitrogens with two attached hydrogens (primary N) is 1. The van der Waals surface area contributed by atoms with Crippen molar-refractivity contribution in [2.75, 3.05) is 20.3 Å². The minimum absolute atomic E-state index is 0.000946. The van der Waals surface area contributed by atoms with Gasteiger partial charge in [0.2, 0.25) is 0 Å². The van der Waals surface area contributed by atoms with E-state index in [9.17, 15) is 22.8 Å². The molecule has 0 aromatic heterocycles. The summed E-state index contributed by atoms with van der Waals surface area (Å²) in [6.07, 6.45) is -4.87. The average Bonchev–Trinajstić information content (AvgIpc) is 2.73. The van der Waals surface area contributed by atoms with Gasteiger partial charge in [-0.1, -0.05) is 30.3 Å². The highest BCUT2D eigenvalue weighted by molar-refractivity contribution is 5.97. The van der Waals surface area contributed by atoms with Crippen LogP contribution in [0.2, 0.25) is 0 Å². The van der Waals surface area contributed by atoms with Crippen LogP contribution in [0.15, 0.2) is 54.6 Å². The van der Waals surface area contributed by atoms with Crippen molar-refractivity contribution >= 4 is 11.9 Å². The number of alkyl halides is 3. The summed E-state index contributed by atoms with van der Waals surface area (Å²) in [4.78, 5) is 24.9. The van der Waals surface area contributed by atoms with Crippen molar-refractivity contribution < 1.29 is 37.6 Å². The number of ether oxygens (including phenoxy) is 2. The van der Waals surface area contributed by atoms with Crippen LogP contribution in [0.1, 0.15) is 22.8 Å². The van der Waals surface area contributed by atoms with Gasteiger partial charge in [-0.3, -0.25) is 10.1 Å². The second kappa shape index (κ2) is 10.1. The van der Waals surface area contributed by atoms with Crippen molar-refractivity contribution in [1.82, 2.24) is 5.32 Å². The molecule has 0 aliphatic heterocycles. The first kappa shape index (κ1) is 23.2. The smallest absolute Gasteiger partial charge is 0.478 e. The van der Waals surface area contributed by atoms with Crippen LogP contribution in [0.25, 0.3) is 0 Å². The van der Waals surface area contributed by atoms with Crippen molar-refractivity contribution in [3.63, 3.8) is 0 Å². The molecule has 0 saturated carbocycles. The van der Waals surface area contributed by atoms with Gasteiger partial charge < -0.3 is 14.8 Å². The fraction of sp³-hybridized carbons (Fsp3) is 0.333. The summed E-state index contributed by atoms with van der Waals surface area (Å²) in [5, 5.41) is 2.62. The number of carbonyl (C=O) groups is 2. The van der Waals surface area contributed by atoms with Crippen LogP contribution >= 0.6 is 0 Å². The molecule has 0 radical (unpaired) electrons. The molecule has 0 fully saturated rings. The van der Waals surface area contributed by atoms with E-state index in [4.69, 9.17) is 4.74 Å². The van der Waals surface area contributed by atoms with Gasteiger partial charge in [-0.05, 0) is 36.8 Å². The molecule has 0 spiro atoms. The van der Waals surface area contributed by atoms with Gasteiger partial charge in [0.05, 0.1) is 20.3 Å². The SMILES string of the molecule is CCOC(=O)[C@](NC(=O)c1ccccc1)([NH2+]CCc1ccc(OC)cc1)C(F)(F)F. The Kier molecular flexibility index (Phi) is 7.82. The summed E-state index contributed by atoms with van der Waals surface area (Å²) in [6, 6.07) is 14.2. The largest absolute Gasteiger partial charge is 0.497 e. The Balaban J connectivity index is 2.26. The number of hydrogen-bond acceptors (Lipinski definition) is 4. The zero-order chi connectivity index (χ0) is 22.2. The Morgan fingerprint density at radius 2 is 1.67 bits per heavy atom. The molecule has 2 aromatic carbocycles. The topological polar surface area (TPSA) is 81.2 Å². The van der Waals surface area contributed by atoms with Crippen molar-refractivity contribution in [3.8, 4) is 5.75 Å². The molecule has 6 nitrogen and oxygen atoms in total. The molecular formula is C21H24F3N2O4+. The lowest BCUT2D eigenvalue weighted by molar-refractivity contribution is -0.743. The zero-order valence-corrected chi connectivity index (χ0v) is 16.7. The van der Waals surface area contributed by atoms with Crippen LogP contribution in [0.4, 0.5) is 13.2 Å². The van der Waals surface area contributed by atoms with Gasteiger partial charge in [-0.25, -0.2) is 4.79 Å². The third kappa shape index (κ3) is 5.50. The first-order chi connectivity index (χ1) is 14.2. The minimum atomic E-state index is -5.09. The summed E-state index contributed by atoms with van der Waals surface area (Å²) in [6.45, 7) is 1.01. The molecule has 9 heteroatoms. The van der Waals surface area contributed by atoms with Crippen LogP contribution in [-0.4, -0.2) is 44.0 Å². The zero-order valence-electron chi connectivity index (χ0n) is 16.7. The van der Waals surface area contributed by atoms with Gasteiger partial charge in [0.15, 0.2) is 0 Å². The standard InChI is InChI=1S/C21H23F3N2O4/c1-3-30-19(28)20(21(22,23)24,26-18(27)16-7-5-4-6-8-16)25-14-13-15-9-11-17(29-2)12-10-15/h4-12,25H,3,13-14H2,1-2H3,(H,26,27)/p+1/t20-/m1/s1. The first-order valence-corrected chi connectivity index (χ1v) is 9.32. The molecule has 2 aromatic rings. The lowest BCUT2D eigenvalue weighted by atomic mass is 10.1. The fourth-order valence-electron chi connectivity index (χ4n) is 2.82. The lowest BCUT2D eigenvalue weighted by Crippen LogP contribution is -3.07. The summed E-state index contributed by atoms with van der Waals surface area (Å²) in [7, 11) is 1.51. The van der Waals surface area contributed by atoms with E-state index in [1.165, 1.54) is 38.3 Å². The molecule has 0 aliphatic carbocycles. The number of nitrogens with one attached hydrogen (secondary N) is 1. The maximum atomic E-state index is 14.1. The number of benzene rings is 2. The third-order valence-electron chi connectivity index (χ3n) is 4.43. The molecule has 3 N–H and O–H groups in total. The molecule has 1 amide bonds. The van der Waals surface area contributed by atoms with E-state index >= 15 is 0 Å². The van der Waals surface area contributed by atoms with E-state index in [1.54, 1.807) is 30.3 Å². The van der Waals surface area contributed by atoms with Gasteiger partial charge in [0, 0.05) is 12.0 Å². The second-order valence-corrected chi connectivity index (χ2v) is 6.44. The van der Waals surface area contributed by atoms with Gasteiger partial charge in [-0.15, -0.1) is 0 Å². The van der Waals surface area contributed by atoms with Crippen LogP contribution in [0.5, 0.6) is 5.75 Å². The Bertz CT molecular complexity index is 842. The molecule has 30 heavy (non-hydrogen) atoms. The first-order valence-electron chi connectivity index (χ1n) is 9.32. The number of carbonyl (C=O) groups excluding carboxylic acids is 2. The monoisotopic (exact) mass is 425 g/mol. The number of esters is 1. The number of rotatable bonds is 9. The predicted octanol–water partition coefficient (Wildman–Crippen LogP) is 2.05. The number of methoxy groups -OCH3 is 1. The maximum absolute atomic E-state index is 14.1. The highest BCUT2D eigenvalue weighted by atomic mass is 19.4. The molecule has 0 unspecified atom stereocenters. The van der Waals surface area contributed by atoms with E-state index in [0.29, 0.717) is 5.75 Å². The average molecular weight is 425 g/mol. The summed E-state index contributed by atoms with van der Waals surface area (Å²) < 4.78 is 52.0. The quantitative estimate of drug-likeness (QED) is 0.476. The lowest BCUT2D eigenvalue weighted by Gasteiger charge is -2.31. The van der Waals surface area contributed by atoms with Crippen molar-refractivity contribution in [2.24, 2.45) is 0 Å². The molecule has 0 bridgehead atoms. The van der Waals surface area contributed by atoms with Gasteiger partial charge in [-0.2, -0.15) is 13.2 Å². The van der Waals surface area contributed by atoms with E-state index in [1.807, 2.05) is 5.32 Å². The van der Waals surface area contributed by atoms with Crippen molar-refractivity contribution in [1.29, 1.82) is 0 Å². The molecular weight excluding hydrogens is 401 g/mol. The molecule has 0 heterocycles. The fourth-order valence-corrected chi connectivity index (χ4v) is 2.82. The minimum Gasteiger partial charge on any atom is -0.497 e. The molecule has 162 valence electrons. The Morgan fingerprint density at radius 3 is 2.20 bits per heavy atom. The normalized spacial score (nSPS) is 13.2. The van der Waals surface area contributed by atoms with Gasteiger partial charge in [0.1, 0.15) is 5.75 Å². The Labute approximate surface area is 172 Å². The third-order valence-corrected chi connectivity index (χ3v) is 4.43. The van der Waals surface area contributed by atoms with Gasteiger partial charge >= 0.3 is 17.8 Å². The van der Waals surface area contributed by atoms with Crippen LogP contribution in [-0.2, 0) is 16.0 Å². The molecule has 2 rings (SSSR count). The number of quaternary nitrogens is 1. The Morgan fingerprint density at radius 1 is 1.03 bits per heavy atom. The van der Waals surface area contributed by atoms with Crippen LogP contribution in [0, 0.1) is 0 Å². The number of hydrogen-bond donors (Lipinski definition) is 2. The Hall–Kier alpha value is -3.07. The summed E-state index contributed by atoms with van der Waals surface area (Å²) in [5.41, 5.74) is -2.51. The molecule has 1 atom stereocenters. The number of halogens is 3. The second-order valence-electron chi connectivity index (χ2n) is 6.44. The maximum Gasteiger partial charge on any atom is 0.478 e. The van der Waals surface area contributed by atoms with Crippen LogP contribution < -0.4 is 15.4 Å². The predicted molar refractivity (Wildman–Crippen MR) is 103 cm³/mol. The van der Waals surface area contributed by atoms with Crippen molar-refractivity contribution in [3.05, 3.63) is 65.7 Å². The van der Waals surface area contributed by atoms with E-state index in [0.717, 1.165) is 10.9 Å². The summed E-state index contributed by atoms with van der Waals surface area (Å²) >= 11 is 0. The number of amides is 1. The van der Waals surface area contributed by atoms with Crippen LogP contribution in [0.3, 0.4) is 0 Å². The van der Waals surface area contributed by atoms with E-state index < -0.39 is 23.7 Å². The van der Waals surface area contributed by atoms with Crippen molar-refractivity contribution in [2.45, 2.75) is 25.2 Å². The van der Waals surface area contributed by atoms with E-state index in [2.05, 4.69) is 4.74 Å². The highest BCUT2D eigenvalue weighted by Gasteiger charge is 2.67. The molecule has 0 saturated heterocycles. The van der Waals surface area contributed by atoms with E-state index in [-0.39, 0.29) is 25.1 Å².